The van der Waals surface area contributed by atoms with Crippen molar-refractivity contribution in [1.29, 1.82) is 5.41 Å². The second-order valence-corrected chi connectivity index (χ2v) is 12.0. The number of nitrogens with zero attached hydrogens (tertiary/aromatic N) is 3. The first kappa shape index (κ1) is 36.4. The zero-order valence-electron chi connectivity index (χ0n) is 28.4. The minimum absolute atomic E-state index is 0.198. The average Bonchev–Trinajstić information content (AvgIpc) is 3.12. The Bertz CT molecular complexity index is 1400. The summed E-state index contributed by atoms with van der Waals surface area (Å²) >= 11 is 0. The average molecular weight is 660 g/mol. The fraction of sp³-hybridized carbons (Fsp3) is 0.421. The van der Waals surface area contributed by atoms with Crippen LogP contribution >= 0.6 is 0 Å². The van der Waals surface area contributed by atoms with Gasteiger partial charge in [-0.3, -0.25) is 10.3 Å². The molecule has 0 spiro atoms. The van der Waals surface area contributed by atoms with Gasteiger partial charge in [0.15, 0.2) is 0 Å². The number of nitrogens with one attached hydrogen (secondary N) is 2. The number of urea groups is 1. The van der Waals surface area contributed by atoms with Gasteiger partial charge in [-0.1, -0.05) is 43.3 Å². The maximum absolute atomic E-state index is 14.4. The van der Waals surface area contributed by atoms with Crippen LogP contribution in [0.25, 0.3) is 0 Å². The summed E-state index contributed by atoms with van der Waals surface area (Å²) in [6, 6.07) is 25.1. The Hall–Kier alpha value is -4.41. The molecule has 4 rings (SSSR count). The zero-order valence-corrected chi connectivity index (χ0v) is 28.4. The van der Waals surface area contributed by atoms with Crippen molar-refractivity contribution in [2.45, 2.75) is 51.6 Å². The number of allylic oxidation sites excluding steroid dienone is 1. The summed E-state index contributed by atoms with van der Waals surface area (Å²) in [6.07, 6.45) is 2.34. The van der Waals surface area contributed by atoms with E-state index < -0.39 is 6.17 Å². The number of carbonyl (C=O) groups is 1. The van der Waals surface area contributed by atoms with Gasteiger partial charge >= 0.3 is 6.03 Å². The van der Waals surface area contributed by atoms with Gasteiger partial charge in [0.25, 0.3) is 0 Å². The minimum atomic E-state index is -1.05. The van der Waals surface area contributed by atoms with Gasteiger partial charge in [-0.25, -0.2) is 9.18 Å². The number of methoxy groups -OCH3 is 1. The highest BCUT2D eigenvalue weighted by molar-refractivity contribution is 6.06. The van der Waals surface area contributed by atoms with E-state index in [0.29, 0.717) is 31.1 Å². The molecule has 1 aliphatic rings. The van der Waals surface area contributed by atoms with Crippen LogP contribution in [-0.2, 0) is 16.1 Å². The number of piperazine rings is 1. The van der Waals surface area contributed by atoms with Crippen molar-refractivity contribution in [3.63, 3.8) is 0 Å². The van der Waals surface area contributed by atoms with Crippen LogP contribution in [0.15, 0.2) is 91.5 Å². The van der Waals surface area contributed by atoms with Gasteiger partial charge in [-0.2, -0.15) is 0 Å². The molecule has 0 aromatic heterocycles. The summed E-state index contributed by atoms with van der Waals surface area (Å²) in [7, 11) is 1.57. The summed E-state index contributed by atoms with van der Waals surface area (Å²) in [5, 5.41) is 11.0. The Balaban J connectivity index is 1.26. The van der Waals surface area contributed by atoms with Gasteiger partial charge in [0.05, 0.1) is 44.0 Å². The number of carbonyl (C=O) groups excluding carboxylic acids is 1. The number of hydrogen-bond donors (Lipinski definition) is 2. The van der Waals surface area contributed by atoms with E-state index in [4.69, 9.17) is 19.6 Å². The van der Waals surface area contributed by atoms with Crippen LogP contribution in [0.2, 0.25) is 0 Å². The Morgan fingerprint density at radius 2 is 1.58 bits per heavy atom. The molecule has 3 aromatic rings. The third kappa shape index (κ3) is 10.3. The highest BCUT2D eigenvalue weighted by atomic mass is 19.1. The fourth-order valence-electron chi connectivity index (χ4n) is 5.77. The largest absolute Gasteiger partial charge is 0.493 e. The van der Waals surface area contributed by atoms with E-state index in [1.165, 1.54) is 4.90 Å². The molecular formula is C38H50FN5O4. The van der Waals surface area contributed by atoms with Gasteiger partial charge in [0.2, 0.25) is 0 Å². The van der Waals surface area contributed by atoms with Gasteiger partial charge in [-0.05, 0) is 73.9 Å². The van der Waals surface area contributed by atoms with Crippen LogP contribution in [0, 0.1) is 11.3 Å². The second kappa shape index (κ2) is 18.8. The molecule has 0 saturated carbocycles. The molecule has 2 amide bonds. The lowest BCUT2D eigenvalue weighted by atomic mass is 10.0. The summed E-state index contributed by atoms with van der Waals surface area (Å²) in [6.45, 7) is 12.0. The number of halogens is 1. The van der Waals surface area contributed by atoms with Crippen LogP contribution in [-0.4, -0.2) is 77.2 Å². The highest BCUT2D eigenvalue weighted by Gasteiger charge is 2.24. The number of hydrogen-bond acceptors (Lipinski definition) is 7. The molecule has 0 radical (unpaired) electrons. The van der Waals surface area contributed by atoms with E-state index in [0.717, 1.165) is 49.5 Å². The number of benzene rings is 3. The topological polar surface area (TPSA) is 90.4 Å². The van der Waals surface area contributed by atoms with Gasteiger partial charge < -0.3 is 29.3 Å². The quantitative estimate of drug-likeness (QED) is 0.0863. The molecule has 0 bridgehead atoms. The summed E-state index contributed by atoms with van der Waals surface area (Å²) in [4.78, 5) is 19.2. The predicted molar refractivity (Wildman–Crippen MR) is 192 cm³/mol. The van der Waals surface area contributed by atoms with E-state index in [9.17, 15) is 9.18 Å². The molecule has 1 unspecified atom stereocenters. The highest BCUT2D eigenvalue weighted by Crippen LogP contribution is 2.26. The Morgan fingerprint density at radius 1 is 0.979 bits per heavy atom. The zero-order chi connectivity index (χ0) is 34.3. The third-order valence-corrected chi connectivity index (χ3v) is 8.74. The fourth-order valence-corrected chi connectivity index (χ4v) is 5.77. The van der Waals surface area contributed by atoms with Crippen molar-refractivity contribution in [3.8, 4) is 5.75 Å². The van der Waals surface area contributed by atoms with E-state index in [1.54, 1.807) is 13.2 Å². The van der Waals surface area contributed by atoms with Crippen LogP contribution in [0.5, 0.6) is 5.75 Å². The van der Waals surface area contributed by atoms with Crippen molar-refractivity contribution in [2.75, 3.05) is 61.2 Å². The maximum Gasteiger partial charge on any atom is 0.327 e. The number of anilines is 3. The molecule has 0 aliphatic carbocycles. The first-order valence-corrected chi connectivity index (χ1v) is 16.7. The number of alkyl halides is 1. The standard InChI is InChI=1S/C38H50FN5O4/c1-5-10-36(39)31(26-46-4)27-48-35-19-17-33(18-20-35)43-23-21-42(22-24-43)32-13-15-34(16-14-32)44(28-40)38(45)41-37(6-2)29(3)47-25-30-11-8-7-9-12-30/h5,7-9,11-20,28-29,31,36-37,40H,1,6,10,21-27H2,2-4H3,(H,41,45)/t29-,31-,36?,37-/m0/s1. The van der Waals surface area contributed by atoms with E-state index in [-0.39, 0.29) is 37.1 Å². The Kier molecular flexibility index (Phi) is 14.3. The lowest BCUT2D eigenvalue weighted by Crippen LogP contribution is -2.48. The predicted octanol–water partition coefficient (Wildman–Crippen LogP) is 7.08. The molecule has 2 N–H and O–H groups in total. The van der Waals surface area contributed by atoms with Crippen LogP contribution in [0.3, 0.4) is 0 Å². The first-order valence-electron chi connectivity index (χ1n) is 16.7. The summed E-state index contributed by atoms with van der Waals surface area (Å²) < 4.78 is 31.5. The van der Waals surface area contributed by atoms with Crippen molar-refractivity contribution < 1.29 is 23.4 Å². The van der Waals surface area contributed by atoms with Crippen LogP contribution in [0.1, 0.15) is 32.3 Å². The molecular weight excluding hydrogens is 609 g/mol. The van der Waals surface area contributed by atoms with Crippen molar-refractivity contribution in [3.05, 3.63) is 97.1 Å². The lowest BCUT2D eigenvalue weighted by Gasteiger charge is -2.37. The SMILES string of the molecule is C=CCC(F)[C@@H](COC)COc1ccc(N2CCN(c3ccc(N(C=N)C(=O)N[C@@H](CC)[C@H](C)OCc4ccccc4)cc3)CC2)cc1. The van der Waals surface area contributed by atoms with Gasteiger partial charge in [-0.15, -0.1) is 6.58 Å². The van der Waals surface area contributed by atoms with Gasteiger partial charge in [0.1, 0.15) is 11.9 Å². The monoisotopic (exact) mass is 659 g/mol. The third-order valence-electron chi connectivity index (χ3n) is 8.74. The van der Waals surface area contributed by atoms with Crippen LogP contribution < -0.4 is 24.8 Å². The molecule has 48 heavy (non-hydrogen) atoms. The molecule has 1 heterocycles. The van der Waals surface area contributed by atoms with Crippen molar-refractivity contribution in [1.82, 2.24) is 5.32 Å². The Morgan fingerprint density at radius 3 is 2.12 bits per heavy atom. The van der Waals surface area contributed by atoms with E-state index in [2.05, 4.69) is 21.7 Å². The molecule has 4 atom stereocenters. The lowest BCUT2D eigenvalue weighted by molar-refractivity contribution is 0.0289. The molecule has 1 saturated heterocycles. The number of rotatable bonds is 18. The second-order valence-electron chi connectivity index (χ2n) is 12.0. The van der Waals surface area contributed by atoms with Crippen LogP contribution in [0.4, 0.5) is 26.2 Å². The number of amides is 2. The van der Waals surface area contributed by atoms with Gasteiger partial charge in [0, 0.05) is 50.6 Å². The molecule has 258 valence electrons. The maximum atomic E-state index is 14.4. The summed E-state index contributed by atoms with van der Waals surface area (Å²) in [5.74, 6) is 0.348. The summed E-state index contributed by atoms with van der Waals surface area (Å²) in [5.41, 5.74) is 3.87. The normalized spacial score (nSPS) is 15.6. The van der Waals surface area contributed by atoms with Crippen molar-refractivity contribution >= 4 is 29.4 Å². The van der Waals surface area contributed by atoms with E-state index >= 15 is 0 Å². The Labute approximate surface area is 284 Å². The van der Waals surface area contributed by atoms with Crippen molar-refractivity contribution in [2.24, 2.45) is 5.92 Å². The van der Waals surface area contributed by atoms with E-state index in [1.807, 2.05) is 92.7 Å². The molecule has 10 heteroatoms. The first-order chi connectivity index (χ1) is 23.4. The smallest absolute Gasteiger partial charge is 0.327 e. The molecule has 9 nitrogen and oxygen atoms in total. The molecule has 1 fully saturated rings. The molecule has 1 aliphatic heterocycles. The molecule has 3 aromatic carbocycles. The minimum Gasteiger partial charge on any atom is -0.493 e. The number of ether oxygens (including phenoxy) is 3.